The van der Waals surface area contributed by atoms with E-state index in [4.69, 9.17) is 19.3 Å². The van der Waals surface area contributed by atoms with Crippen LogP contribution in [0.4, 0.5) is 0 Å². The highest BCUT2D eigenvalue weighted by molar-refractivity contribution is 4.88. The van der Waals surface area contributed by atoms with Gasteiger partial charge in [-0.3, -0.25) is 0 Å². The normalized spacial score (nSPS) is 34.9. The van der Waals surface area contributed by atoms with Crippen LogP contribution in [0.5, 0.6) is 0 Å². The van der Waals surface area contributed by atoms with Crippen LogP contribution < -0.4 is 0 Å². The molecule has 0 radical (unpaired) electrons. The summed E-state index contributed by atoms with van der Waals surface area (Å²) in [5, 5.41) is 47.6. The Morgan fingerprint density at radius 3 is 2.43 bits per heavy atom. The zero-order valence-electron chi connectivity index (χ0n) is 12.2. The third kappa shape index (κ3) is 5.76. The molecule has 0 amide bonds. The summed E-state index contributed by atoms with van der Waals surface area (Å²) < 4.78 is 15.5. The van der Waals surface area contributed by atoms with Crippen molar-refractivity contribution < 1.29 is 39.7 Å². The van der Waals surface area contributed by atoms with Crippen molar-refractivity contribution in [1.29, 1.82) is 0 Å². The molecule has 0 bridgehead atoms. The second-order valence-electron chi connectivity index (χ2n) is 5.11. The number of hydrogen-bond donors (Lipinski definition) is 5. The van der Waals surface area contributed by atoms with Gasteiger partial charge in [0.15, 0.2) is 6.29 Å². The summed E-state index contributed by atoms with van der Waals surface area (Å²) in [6, 6.07) is 0. The maximum atomic E-state index is 9.73. The van der Waals surface area contributed by atoms with Crippen molar-refractivity contribution in [1.82, 2.24) is 0 Å². The van der Waals surface area contributed by atoms with E-state index in [0.717, 1.165) is 12.8 Å². The maximum absolute atomic E-state index is 9.73. The van der Waals surface area contributed by atoms with Crippen LogP contribution in [0.15, 0.2) is 0 Å². The molecule has 5 N–H and O–H groups in total. The molecule has 0 aliphatic carbocycles. The van der Waals surface area contributed by atoms with Crippen molar-refractivity contribution >= 4 is 0 Å². The average molecular weight is 310 g/mol. The molecule has 1 rings (SSSR count). The van der Waals surface area contributed by atoms with Gasteiger partial charge in [-0.1, -0.05) is 13.3 Å². The fourth-order valence-electron chi connectivity index (χ4n) is 1.92. The van der Waals surface area contributed by atoms with Gasteiger partial charge in [-0.15, -0.1) is 0 Å². The van der Waals surface area contributed by atoms with Gasteiger partial charge in [0, 0.05) is 6.61 Å². The molecular formula is C13H26O8. The minimum atomic E-state index is -1.49. The lowest BCUT2D eigenvalue weighted by Crippen LogP contribution is -2.59. The van der Waals surface area contributed by atoms with E-state index in [2.05, 4.69) is 0 Å². The summed E-state index contributed by atoms with van der Waals surface area (Å²) in [6.45, 7) is 2.00. The lowest BCUT2D eigenvalue weighted by Gasteiger charge is -2.39. The molecule has 1 aliphatic heterocycles. The summed E-state index contributed by atoms with van der Waals surface area (Å²) in [5.41, 5.74) is 0. The van der Waals surface area contributed by atoms with Crippen LogP contribution in [0.2, 0.25) is 0 Å². The fourth-order valence-corrected chi connectivity index (χ4v) is 1.92. The third-order valence-electron chi connectivity index (χ3n) is 3.25. The summed E-state index contributed by atoms with van der Waals surface area (Å²) in [6.07, 6.45) is -5.62. The Labute approximate surface area is 123 Å². The van der Waals surface area contributed by atoms with Gasteiger partial charge in [-0.2, -0.15) is 0 Å². The van der Waals surface area contributed by atoms with Gasteiger partial charge in [0.1, 0.15) is 30.5 Å². The van der Waals surface area contributed by atoms with Crippen LogP contribution >= 0.6 is 0 Å². The molecule has 0 aromatic heterocycles. The molecule has 1 unspecified atom stereocenters. The van der Waals surface area contributed by atoms with Gasteiger partial charge >= 0.3 is 0 Å². The molecule has 21 heavy (non-hydrogen) atoms. The predicted octanol–water partition coefficient (Wildman–Crippen LogP) is -2.02. The molecule has 1 fully saturated rings. The van der Waals surface area contributed by atoms with Crippen molar-refractivity contribution in [2.75, 3.05) is 26.4 Å². The van der Waals surface area contributed by atoms with Crippen LogP contribution in [0, 0.1) is 0 Å². The van der Waals surface area contributed by atoms with Gasteiger partial charge in [0.25, 0.3) is 0 Å². The van der Waals surface area contributed by atoms with Crippen LogP contribution in [-0.2, 0) is 14.2 Å². The standard InChI is InChI=1S/C13H26O8/c1-2-3-4-19-6-8(15)7-20-13-12(18)11(17)10(16)9(5-14)21-13/h8-18H,2-7H2,1H3/t8?,9-,10-,11+,12-,13+/m1/s1. The molecule has 126 valence electrons. The molecule has 1 saturated heterocycles. The van der Waals surface area contributed by atoms with E-state index in [1.54, 1.807) is 0 Å². The molecule has 8 nitrogen and oxygen atoms in total. The SMILES string of the molecule is CCCCOCC(O)CO[C@H]1O[C@H](CO)[C@@H](O)[C@H](O)[C@H]1O. The number of unbranched alkanes of at least 4 members (excludes halogenated alkanes) is 1. The Morgan fingerprint density at radius 1 is 1.10 bits per heavy atom. The van der Waals surface area contributed by atoms with Crippen LogP contribution in [-0.4, -0.2) is 88.8 Å². The second-order valence-corrected chi connectivity index (χ2v) is 5.11. The van der Waals surface area contributed by atoms with Crippen LogP contribution in [0.25, 0.3) is 0 Å². The fraction of sp³-hybridized carbons (Fsp3) is 1.00. The van der Waals surface area contributed by atoms with E-state index in [1.165, 1.54) is 0 Å². The summed E-state index contributed by atoms with van der Waals surface area (Å²) in [7, 11) is 0. The first-order chi connectivity index (χ1) is 10.0. The summed E-state index contributed by atoms with van der Waals surface area (Å²) in [5.74, 6) is 0. The van der Waals surface area contributed by atoms with E-state index >= 15 is 0 Å². The molecule has 1 aliphatic rings. The van der Waals surface area contributed by atoms with E-state index in [0.29, 0.717) is 6.61 Å². The Hall–Kier alpha value is -0.320. The first kappa shape index (κ1) is 18.7. The van der Waals surface area contributed by atoms with Gasteiger partial charge < -0.3 is 39.7 Å². The minimum absolute atomic E-state index is 0.0947. The Kier molecular flexibility index (Phi) is 8.60. The molecule has 1 heterocycles. The Balaban J connectivity index is 2.32. The molecule has 0 aromatic carbocycles. The number of hydrogen-bond acceptors (Lipinski definition) is 8. The monoisotopic (exact) mass is 310 g/mol. The predicted molar refractivity (Wildman–Crippen MR) is 71.5 cm³/mol. The van der Waals surface area contributed by atoms with E-state index in [1.807, 2.05) is 6.92 Å². The molecule has 8 heteroatoms. The molecule has 0 saturated carbocycles. The van der Waals surface area contributed by atoms with Crippen molar-refractivity contribution in [3.05, 3.63) is 0 Å². The molecule has 0 spiro atoms. The number of aliphatic hydroxyl groups is 5. The lowest BCUT2D eigenvalue weighted by atomic mass is 9.99. The zero-order chi connectivity index (χ0) is 15.8. The smallest absolute Gasteiger partial charge is 0.186 e. The average Bonchev–Trinajstić information content (AvgIpc) is 2.48. The summed E-state index contributed by atoms with van der Waals surface area (Å²) >= 11 is 0. The van der Waals surface area contributed by atoms with Crippen LogP contribution in [0.3, 0.4) is 0 Å². The second kappa shape index (κ2) is 9.65. The molecular weight excluding hydrogens is 284 g/mol. The quantitative estimate of drug-likeness (QED) is 0.309. The number of aliphatic hydroxyl groups excluding tert-OH is 5. The number of ether oxygens (including phenoxy) is 3. The highest BCUT2D eigenvalue weighted by atomic mass is 16.7. The van der Waals surface area contributed by atoms with E-state index in [9.17, 15) is 20.4 Å². The molecule has 6 atom stereocenters. The van der Waals surface area contributed by atoms with Gasteiger partial charge in [-0.05, 0) is 6.42 Å². The first-order valence-electron chi connectivity index (χ1n) is 7.19. The van der Waals surface area contributed by atoms with Gasteiger partial charge in [0.05, 0.1) is 19.8 Å². The topological polar surface area (TPSA) is 129 Å². The van der Waals surface area contributed by atoms with E-state index in [-0.39, 0.29) is 13.2 Å². The first-order valence-corrected chi connectivity index (χ1v) is 7.19. The number of rotatable bonds is 9. The van der Waals surface area contributed by atoms with E-state index < -0.39 is 43.4 Å². The van der Waals surface area contributed by atoms with Gasteiger partial charge in [-0.25, -0.2) is 0 Å². The summed E-state index contributed by atoms with van der Waals surface area (Å²) in [4.78, 5) is 0. The molecule has 0 aromatic rings. The minimum Gasteiger partial charge on any atom is -0.394 e. The Bertz CT molecular complexity index is 275. The third-order valence-corrected chi connectivity index (χ3v) is 3.25. The van der Waals surface area contributed by atoms with Crippen molar-refractivity contribution in [3.63, 3.8) is 0 Å². The lowest BCUT2D eigenvalue weighted by molar-refractivity contribution is -0.305. The Morgan fingerprint density at radius 2 is 1.81 bits per heavy atom. The van der Waals surface area contributed by atoms with Crippen LogP contribution in [0.1, 0.15) is 19.8 Å². The largest absolute Gasteiger partial charge is 0.394 e. The maximum Gasteiger partial charge on any atom is 0.186 e. The van der Waals surface area contributed by atoms with Crippen molar-refractivity contribution in [3.8, 4) is 0 Å². The van der Waals surface area contributed by atoms with Gasteiger partial charge in [0.2, 0.25) is 0 Å². The van der Waals surface area contributed by atoms with Crippen molar-refractivity contribution in [2.24, 2.45) is 0 Å². The van der Waals surface area contributed by atoms with Crippen molar-refractivity contribution in [2.45, 2.75) is 56.6 Å². The zero-order valence-corrected chi connectivity index (χ0v) is 12.2. The highest BCUT2D eigenvalue weighted by Crippen LogP contribution is 2.21. The highest BCUT2D eigenvalue weighted by Gasteiger charge is 2.44.